The number of nitrogens with zero attached hydrogens (tertiary/aromatic N) is 1. The summed E-state index contributed by atoms with van der Waals surface area (Å²) in [5.74, 6) is 0.852. The lowest BCUT2D eigenvalue weighted by molar-refractivity contribution is 0.0937. The second-order valence-electron chi connectivity index (χ2n) is 6.10. The highest BCUT2D eigenvalue weighted by molar-refractivity contribution is 7.12. The Morgan fingerprint density at radius 3 is 2.96 bits per heavy atom. The van der Waals surface area contributed by atoms with Crippen molar-refractivity contribution >= 4 is 17.2 Å². The molecule has 2 aromatic heterocycles. The second kappa shape index (κ2) is 6.69. The van der Waals surface area contributed by atoms with Crippen LogP contribution in [0.1, 0.15) is 20.8 Å². The highest BCUT2D eigenvalue weighted by atomic mass is 32.1. The van der Waals surface area contributed by atoms with Gasteiger partial charge < -0.3 is 10.1 Å². The number of fused-ring (bicyclic) bond motifs is 1. The van der Waals surface area contributed by atoms with Crippen molar-refractivity contribution in [2.24, 2.45) is 0 Å². The molecule has 1 amide bonds. The summed E-state index contributed by atoms with van der Waals surface area (Å²) in [5.41, 5.74) is 4.07. The molecule has 4 nitrogen and oxygen atoms in total. The van der Waals surface area contributed by atoms with Gasteiger partial charge in [-0.05, 0) is 47.7 Å². The number of ether oxygens (including phenoxy) is 1. The summed E-state index contributed by atoms with van der Waals surface area (Å²) in [4.78, 5) is 17.5. The zero-order valence-electron chi connectivity index (χ0n) is 13.9. The van der Waals surface area contributed by atoms with Crippen molar-refractivity contribution in [2.75, 3.05) is 6.54 Å². The molecule has 3 aromatic rings. The quantitative estimate of drug-likeness (QED) is 0.777. The molecular formula is C20H18N2O2S. The third-order valence-corrected chi connectivity index (χ3v) is 5.34. The lowest BCUT2D eigenvalue weighted by Crippen LogP contribution is -2.34. The van der Waals surface area contributed by atoms with Crippen LogP contribution in [0.2, 0.25) is 0 Å². The number of carbonyl (C=O) groups excluding carboxylic acids is 1. The van der Waals surface area contributed by atoms with Gasteiger partial charge >= 0.3 is 0 Å². The molecule has 0 bridgehead atoms. The third-order valence-electron chi connectivity index (χ3n) is 4.33. The summed E-state index contributed by atoms with van der Waals surface area (Å²) < 4.78 is 6.14. The maximum atomic E-state index is 12.3. The van der Waals surface area contributed by atoms with Gasteiger partial charge in [-0.1, -0.05) is 18.2 Å². The Hall–Kier alpha value is -2.66. The molecule has 1 aliphatic rings. The third kappa shape index (κ3) is 3.15. The van der Waals surface area contributed by atoms with Crippen LogP contribution in [-0.2, 0) is 6.42 Å². The van der Waals surface area contributed by atoms with Crippen LogP contribution in [0, 0.1) is 6.92 Å². The van der Waals surface area contributed by atoms with Crippen molar-refractivity contribution in [3.63, 3.8) is 0 Å². The Kier molecular flexibility index (Phi) is 4.24. The molecule has 0 unspecified atom stereocenters. The molecule has 5 heteroatoms. The Labute approximate surface area is 150 Å². The molecule has 0 radical (unpaired) electrons. The van der Waals surface area contributed by atoms with Gasteiger partial charge in [0.2, 0.25) is 0 Å². The van der Waals surface area contributed by atoms with Crippen LogP contribution in [0.5, 0.6) is 5.75 Å². The zero-order chi connectivity index (χ0) is 17.2. The van der Waals surface area contributed by atoms with Gasteiger partial charge in [-0.3, -0.25) is 9.78 Å². The molecule has 4 rings (SSSR count). The number of para-hydroxylation sites is 1. The summed E-state index contributed by atoms with van der Waals surface area (Å²) in [6.45, 7) is 2.44. The average Bonchev–Trinajstić information content (AvgIpc) is 3.25. The molecule has 1 aliphatic heterocycles. The van der Waals surface area contributed by atoms with Crippen molar-refractivity contribution in [1.29, 1.82) is 0 Å². The van der Waals surface area contributed by atoms with E-state index in [-0.39, 0.29) is 12.0 Å². The summed E-state index contributed by atoms with van der Waals surface area (Å²) in [7, 11) is 0. The normalized spacial score (nSPS) is 15.5. The van der Waals surface area contributed by atoms with Crippen LogP contribution in [0.4, 0.5) is 0 Å². The molecule has 1 aromatic carbocycles. The minimum absolute atomic E-state index is 0.0306. The van der Waals surface area contributed by atoms with Gasteiger partial charge in [0, 0.05) is 18.2 Å². The molecule has 0 saturated carbocycles. The van der Waals surface area contributed by atoms with Gasteiger partial charge in [0.1, 0.15) is 11.9 Å². The van der Waals surface area contributed by atoms with Gasteiger partial charge in [-0.15, -0.1) is 11.3 Å². The van der Waals surface area contributed by atoms with E-state index in [0.29, 0.717) is 6.54 Å². The number of nitrogens with one attached hydrogen (secondary N) is 1. The number of aryl methyl sites for hydroxylation is 1. The van der Waals surface area contributed by atoms with E-state index in [1.807, 2.05) is 48.7 Å². The largest absolute Gasteiger partial charge is 0.487 e. The maximum absolute atomic E-state index is 12.3. The van der Waals surface area contributed by atoms with Crippen LogP contribution in [-0.4, -0.2) is 23.5 Å². The Bertz CT molecular complexity index is 905. The average molecular weight is 350 g/mol. The van der Waals surface area contributed by atoms with Crippen molar-refractivity contribution < 1.29 is 9.53 Å². The lowest BCUT2D eigenvalue weighted by Gasteiger charge is -2.13. The number of hydrogen-bond donors (Lipinski definition) is 1. The van der Waals surface area contributed by atoms with E-state index in [2.05, 4.69) is 16.4 Å². The van der Waals surface area contributed by atoms with Gasteiger partial charge in [-0.25, -0.2) is 0 Å². The van der Waals surface area contributed by atoms with Crippen LogP contribution >= 0.6 is 11.3 Å². The van der Waals surface area contributed by atoms with E-state index in [9.17, 15) is 4.79 Å². The lowest BCUT2D eigenvalue weighted by atomic mass is 10.0. The Balaban J connectivity index is 1.47. The number of benzene rings is 1. The number of aromatic nitrogens is 1. The predicted octanol–water partition coefficient (Wildman–Crippen LogP) is 3.85. The van der Waals surface area contributed by atoms with Crippen molar-refractivity contribution in [2.45, 2.75) is 19.4 Å². The van der Waals surface area contributed by atoms with Crippen molar-refractivity contribution in [3.05, 3.63) is 70.0 Å². The Morgan fingerprint density at radius 1 is 1.28 bits per heavy atom. The SMILES string of the molecule is Cc1ccsc1C(=O)NC[C@H]1Cc2cccc(-c3ccccn3)c2O1. The molecule has 3 heterocycles. The molecule has 0 spiro atoms. The number of amides is 1. The van der Waals surface area contributed by atoms with Gasteiger partial charge in [0.15, 0.2) is 0 Å². The molecule has 0 saturated heterocycles. The minimum atomic E-state index is -0.0518. The van der Waals surface area contributed by atoms with Crippen LogP contribution in [0.3, 0.4) is 0 Å². The first-order chi connectivity index (χ1) is 12.2. The number of thiophene rings is 1. The van der Waals surface area contributed by atoms with Crippen molar-refractivity contribution in [3.8, 4) is 17.0 Å². The number of pyridine rings is 1. The highest BCUT2D eigenvalue weighted by Crippen LogP contribution is 2.37. The summed E-state index contributed by atoms with van der Waals surface area (Å²) in [6, 6.07) is 13.9. The second-order valence-corrected chi connectivity index (χ2v) is 7.01. The smallest absolute Gasteiger partial charge is 0.261 e. The molecule has 1 N–H and O–H groups in total. The van der Waals surface area contributed by atoms with Crippen LogP contribution in [0.25, 0.3) is 11.3 Å². The molecule has 0 fully saturated rings. The summed E-state index contributed by atoms with van der Waals surface area (Å²) in [5, 5.41) is 4.93. The standard InChI is InChI=1S/C20H18N2O2S/c1-13-8-10-25-19(13)20(23)22-12-15-11-14-5-4-6-16(18(14)24-15)17-7-2-3-9-21-17/h2-10,15H,11-12H2,1H3,(H,22,23)/t15-/m1/s1. The van der Waals surface area contributed by atoms with Crippen molar-refractivity contribution in [1.82, 2.24) is 10.3 Å². The van der Waals surface area contributed by atoms with Crippen LogP contribution in [0.15, 0.2) is 54.0 Å². The maximum Gasteiger partial charge on any atom is 0.261 e. The Morgan fingerprint density at radius 2 is 2.20 bits per heavy atom. The summed E-state index contributed by atoms with van der Waals surface area (Å²) in [6.07, 6.45) is 2.52. The minimum Gasteiger partial charge on any atom is -0.487 e. The summed E-state index contributed by atoms with van der Waals surface area (Å²) >= 11 is 1.47. The number of rotatable bonds is 4. The topological polar surface area (TPSA) is 51.2 Å². The molecular weight excluding hydrogens is 332 g/mol. The highest BCUT2D eigenvalue weighted by Gasteiger charge is 2.26. The fourth-order valence-electron chi connectivity index (χ4n) is 3.07. The van der Waals surface area contributed by atoms with Gasteiger partial charge in [-0.2, -0.15) is 0 Å². The van der Waals surface area contributed by atoms with E-state index in [0.717, 1.165) is 39.4 Å². The number of carbonyl (C=O) groups is 1. The first-order valence-electron chi connectivity index (χ1n) is 8.24. The zero-order valence-corrected chi connectivity index (χ0v) is 14.7. The number of hydrogen-bond acceptors (Lipinski definition) is 4. The van der Waals surface area contributed by atoms with E-state index in [1.165, 1.54) is 11.3 Å². The van der Waals surface area contributed by atoms with E-state index in [4.69, 9.17) is 4.74 Å². The molecule has 1 atom stereocenters. The fraction of sp³-hybridized carbons (Fsp3) is 0.200. The first kappa shape index (κ1) is 15.8. The van der Waals surface area contributed by atoms with Gasteiger partial charge in [0.05, 0.1) is 17.1 Å². The molecule has 25 heavy (non-hydrogen) atoms. The van der Waals surface area contributed by atoms with E-state index in [1.54, 1.807) is 6.20 Å². The molecule has 0 aliphatic carbocycles. The fourth-order valence-corrected chi connectivity index (χ4v) is 3.91. The van der Waals surface area contributed by atoms with Gasteiger partial charge in [0.25, 0.3) is 5.91 Å². The molecule has 126 valence electrons. The van der Waals surface area contributed by atoms with Crippen LogP contribution < -0.4 is 10.1 Å². The predicted molar refractivity (Wildman–Crippen MR) is 99.2 cm³/mol. The van der Waals surface area contributed by atoms with E-state index >= 15 is 0 Å². The van der Waals surface area contributed by atoms with E-state index < -0.39 is 0 Å². The first-order valence-corrected chi connectivity index (χ1v) is 9.12. The monoisotopic (exact) mass is 350 g/mol.